The lowest BCUT2D eigenvalue weighted by molar-refractivity contribution is -0.147. The molecule has 5 nitrogen and oxygen atoms in total. The van der Waals surface area contributed by atoms with E-state index in [9.17, 15) is 10.2 Å². The van der Waals surface area contributed by atoms with Crippen molar-refractivity contribution in [2.24, 2.45) is 10.8 Å². The van der Waals surface area contributed by atoms with Crippen LogP contribution in [0.5, 0.6) is 0 Å². The van der Waals surface area contributed by atoms with Crippen LogP contribution in [0, 0.1) is 10.8 Å². The molecule has 0 heterocycles. The Hall–Kier alpha value is -0.200. The molecule has 2 fully saturated rings. The quantitative estimate of drug-likeness (QED) is 0.284. The standard InChI is InChI=1S/C26H50O5/c1-7-9-10-11-12-13-14-15-16-25(17-22(25,3)29-5)26(18-23(26,4)30-6)31-21-24(8-2,19-27)20-28/h27-28H,7-21H2,1-6H3. The predicted molar refractivity (Wildman–Crippen MR) is 125 cm³/mol. The van der Waals surface area contributed by atoms with Gasteiger partial charge in [-0.15, -0.1) is 0 Å². The average molecular weight is 443 g/mol. The fourth-order valence-corrected chi connectivity index (χ4v) is 5.91. The van der Waals surface area contributed by atoms with E-state index in [0.717, 1.165) is 19.3 Å². The number of aliphatic hydroxyl groups excluding tert-OH is 2. The Morgan fingerprint density at radius 1 is 0.774 bits per heavy atom. The predicted octanol–water partition coefficient (Wildman–Crippen LogP) is 5.26. The molecule has 0 aromatic rings. The van der Waals surface area contributed by atoms with E-state index < -0.39 is 11.0 Å². The number of aliphatic hydroxyl groups is 2. The minimum atomic E-state index is -0.609. The van der Waals surface area contributed by atoms with Gasteiger partial charge in [0.05, 0.1) is 31.0 Å². The summed E-state index contributed by atoms with van der Waals surface area (Å²) in [6.45, 7) is 8.80. The summed E-state index contributed by atoms with van der Waals surface area (Å²) in [5.41, 5.74) is -1.68. The molecule has 2 saturated carbocycles. The Balaban J connectivity index is 2.07. The second-order valence-electron chi connectivity index (χ2n) is 10.8. The van der Waals surface area contributed by atoms with Gasteiger partial charge in [-0.25, -0.2) is 0 Å². The van der Waals surface area contributed by atoms with Crippen molar-refractivity contribution in [2.75, 3.05) is 34.0 Å². The van der Waals surface area contributed by atoms with Crippen LogP contribution in [0.15, 0.2) is 0 Å². The van der Waals surface area contributed by atoms with E-state index in [1.165, 1.54) is 51.4 Å². The van der Waals surface area contributed by atoms with E-state index in [2.05, 4.69) is 20.8 Å². The molecule has 0 aromatic heterocycles. The van der Waals surface area contributed by atoms with Crippen LogP contribution in [0.4, 0.5) is 0 Å². The molecule has 2 rings (SSSR count). The average Bonchev–Trinajstić information content (AvgIpc) is 3.63. The van der Waals surface area contributed by atoms with Crippen molar-refractivity contribution in [3.63, 3.8) is 0 Å². The highest BCUT2D eigenvalue weighted by Gasteiger charge is 2.87. The molecular weight excluding hydrogens is 392 g/mol. The Bertz CT molecular complexity index is 542. The molecule has 2 N–H and O–H groups in total. The van der Waals surface area contributed by atoms with E-state index in [0.29, 0.717) is 13.0 Å². The number of rotatable bonds is 18. The Labute approximate surface area is 191 Å². The first-order valence-electron chi connectivity index (χ1n) is 12.7. The van der Waals surface area contributed by atoms with Gasteiger partial charge < -0.3 is 24.4 Å². The number of methoxy groups -OCH3 is 2. The third-order valence-electron chi connectivity index (χ3n) is 9.02. The molecular formula is C26H50O5. The minimum absolute atomic E-state index is 0.0770. The number of unbranched alkanes of at least 4 members (excludes halogenated alkanes) is 7. The topological polar surface area (TPSA) is 68.2 Å². The van der Waals surface area contributed by atoms with Crippen molar-refractivity contribution in [3.8, 4) is 0 Å². The van der Waals surface area contributed by atoms with Gasteiger partial charge in [-0.05, 0) is 33.1 Å². The number of hydrogen-bond acceptors (Lipinski definition) is 5. The summed E-state index contributed by atoms with van der Waals surface area (Å²) in [6, 6.07) is 0. The summed E-state index contributed by atoms with van der Waals surface area (Å²) in [5, 5.41) is 19.9. The summed E-state index contributed by atoms with van der Waals surface area (Å²) < 4.78 is 18.7. The van der Waals surface area contributed by atoms with Gasteiger partial charge in [0.2, 0.25) is 0 Å². The van der Waals surface area contributed by atoms with Crippen molar-refractivity contribution < 1.29 is 24.4 Å². The van der Waals surface area contributed by atoms with Gasteiger partial charge in [0.15, 0.2) is 0 Å². The van der Waals surface area contributed by atoms with Gasteiger partial charge in [0, 0.05) is 31.5 Å². The molecule has 0 spiro atoms. The van der Waals surface area contributed by atoms with Gasteiger partial charge in [0.25, 0.3) is 0 Å². The largest absolute Gasteiger partial charge is 0.396 e. The third kappa shape index (κ3) is 5.01. The molecule has 31 heavy (non-hydrogen) atoms. The number of ether oxygens (including phenoxy) is 3. The highest BCUT2D eigenvalue weighted by Crippen LogP contribution is 2.78. The van der Waals surface area contributed by atoms with Gasteiger partial charge in [-0.2, -0.15) is 0 Å². The van der Waals surface area contributed by atoms with Crippen LogP contribution in [-0.4, -0.2) is 61.1 Å². The van der Waals surface area contributed by atoms with Gasteiger partial charge >= 0.3 is 0 Å². The minimum Gasteiger partial charge on any atom is -0.396 e. The van der Waals surface area contributed by atoms with Crippen LogP contribution in [0.2, 0.25) is 0 Å². The maximum absolute atomic E-state index is 9.93. The van der Waals surface area contributed by atoms with E-state index in [1.807, 2.05) is 14.0 Å². The van der Waals surface area contributed by atoms with Crippen molar-refractivity contribution in [1.82, 2.24) is 0 Å². The molecule has 0 aromatic carbocycles. The van der Waals surface area contributed by atoms with E-state index in [1.54, 1.807) is 7.11 Å². The van der Waals surface area contributed by atoms with Crippen LogP contribution in [0.25, 0.3) is 0 Å². The molecule has 0 radical (unpaired) electrons. The highest BCUT2D eigenvalue weighted by atomic mass is 16.6. The molecule has 0 bridgehead atoms. The second kappa shape index (κ2) is 10.8. The zero-order valence-corrected chi connectivity index (χ0v) is 21.2. The molecule has 2 aliphatic rings. The van der Waals surface area contributed by atoms with Crippen molar-refractivity contribution in [2.45, 2.75) is 122 Å². The summed E-state index contributed by atoms with van der Waals surface area (Å²) in [5.74, 6) is 0. The van der Waals surface area contributed by atoms with Gasteiger partial charge in [-0.3, -0.25) is 0 Å². The molecule has 4 unspecified atom stereocenters. The van der Waals surface area contributed by atoms with Crippen LogP contribution in [-0.2, 0) is 14.2 Å². The molecule has 2 aliphatic carbocycles. The monoisotopic (exact) mass is 442 g/mol. The summed E-state index contributed by atoms with van der Waals surface area (Å²) in [7, 11) is 3.58. The SMILES string of the molecule is CCCCCCCCCCC1(C2(OCC(CC)(CO)CO)CC2(C)OC)CC1(C)OC. The first-order chi connectivity index (χ1) is 14.7. The van der Waals surface area contributed by atoms with E-state index in [4.69, 9.17) is 14.2 Å². The fraction of sp³-hybridized carbons (Fsp3) is 1.00. The van der Waals surface area contributed by atoms with E-state index in [-0.39, 0.29) is 29.8 Å². The molecule has 0 amide bonds. The lowest BCUT2D eigenvalue weighted by Gasteiger charge is -2.38. The number of hydrogen-bond donors (Lipinski definition) is 2. The van der Waals surface area contributed by atoms with Crippen LogP contribution < -0.4 is 0 Å². The molecule has 5 heteroatoms. The summed E-state index contributed by atoms with van der Waals surface area (Å²) in [4.78, 5) is 0. The summed E-state index contributed by atoms with van der Waals surface area (Å²) >= 11 is 0. The van der Waals surface area contributed by atoms with Gasteiger partial charge in [0.1, 0.15) is 5.60 Å². The maximum atomic E-state index is 9.93. The molecule has 0 saturated heterocycles. The van der Waals surface area contributed by atoms with Crippen molar-refractivity contribution in [3.05, 3.63) is 0 Å². The maximum Gasteiger partial charge on any atom is 0.108 e. The zero-order chi connectivity index (χ0) is 23.2. The molecule has 4 atom stereocenters. The van der Waals surface area contributed by atoms with Crippen molar-refractivity contribution >= 4 is 0 Å². The smallest absolute Gasteiger partial charge is 0.108 e. The second-order valence-corrected chi connectivity index (χ2v) is 10.8. The van der Waals surface area contributed by atoms with Crippen molar-refractivity contribution in [1.29, 1.82) is 0 Å². The Kier molecular flexibility index (Phi) is 9.44. The van der Waals surface area contributed by atoms with Crippen LogP contribution >= 0.6 is 0 Å². The van der Waals surface area contributed by atoms with Gasteiger partial charge in [-0.1, -0.05) is 65.2 Å². The third-order valence-corrected chi connectivity index (χ3v) is 9.02. The van der Waals surface area contributed by atoms with Crippen LogP contribution in [0.3, 0.4) is 0 Å². The Morgan fingerprint density at radius 3 is 1.74 bits per heavy atom. The Morgan fingerprint density at radius 2 is 1.32 bits per heavy atom. The fourth-order valence-electron chi connectivity index (χ4n) is 5.91. The lowest BCUT2D eigenvalue weighted by atomic mass is 9.83. The molecule has 0 aliphatic heterocycles. The van der Waals surface area contributed by atoms with Crippen LogP contribution in [0.1, 0.15) is 105 Å². The highest BCUT2D eigenvalue weighted by molar-refractivity contribution is 5.37. The molecule has 184 valence electrons. The summed E-state index contributed by atoms with van der Waals surface area (Å²) in [6.07, 6.45) is 14.0. The van der Waals surface area contributed by atoms with E-state index >= 15 is 0 Å². The first kappa shape index (κ1) is 27.0. The first-order valence-corrected chi connectivity index (χ1v) is 12.7. The lowest BCUT2D eigenvalue weighted by Crippen LogP contribution is -2.46. The zero-order valence-electron chi connectivity index (χ0n) is 21.2. The normalized spacial score (nSPS) is 34.8.